The van der Waals surface area contributed by atoms with Crippen LogP contribution in [-0.4, -0.2) is 61.6 Å². The van der Waals surface area contributed by atoms with Gasteiger partial charge in [-0.25, -0.2) is 9.97 Å². The first kappa shape index (κ1) is 18.1. The van der Waals surface area contributed by atoms with Gasteiger partial charge >= 0.3 is 0 Å². The summed E-state index contributed by atoms with van der Waals surface area (Å²) in [5.74, 6) is 0.264. The van der Waals surface area contributed by atoms with Gasteiger partial charge in [0.1, 0.15) is 6.33 Å². The van der Waals surface area contributed by atoms with Gasteiger partial charge in [-0.05, 0) is 37.8 Å². The summed E-state index contributed by atoms with van der Waals surface area (Å²) in [7, 11) is 1.96. The molecule has 0 aliphatic carbocycles. The molecular weight excluding hydrogens is 340 g/mol. The number of amides is 1. The third kappa shape index (κ3) is 4.35. The molecule has 144 valence electrons. The van der Waals surface area contributed by atoms with E-state index in [4.69, 9.17) is 0 Å². The summed E-state index contributed by atoms with van der Waals surface area (Å²) in [5.41, 5.74) is 2.57. The second-order valence-corrected chi connectivity index (χ2v) is 8.15. The number of aromatic nitrogens is 4. The van der Waals surface area contributed by atoms with Gasteiger partial charge in [0.2, 0.25) is 5.91 Å². The summed E-state index contributed by atoms with van der Waals surface area (Å²) < 4.78 is 1.86. The molecule has 2 aliphatic rings. The van der Waals surface area contributed by atoms with Crippen molar-refractivity contribution >= 4 is 5.91 Å². The van der Waals surface area contributed by atoms with Crippen LogP contribution in [0.2, 0.25) is 0 Å². The van der Waals surface area contributed by atoms with E-state index in [2.05, 4.69) is 31.1 Å². The van der Waals surface area contributed by atoms with Gasteiger partial charge in [-0.1, -0.05) is 0 Å². The predicted molar refractivity (Wildman–Crippen MR) is 102 cm³/mol. The number of piperidine rings is 1. The average molecular weight is 368 g/mol. The van der Waals surface area contributed by atoms with Crippen LogP contribution < -0.4 is 0 Å². The van der Waals surface area contributed by atoms with Crippen LogP contribution in [0.1, 0.15) is 36.8 Å². The van der Waals surface area contributed by atoms with Crippen molar-refractivity contribution in [3.63, 3.8) is 0 Å². The van der Waals surface area contributed by atoms with E-state index in [0.29, 0.717) is 6.42 Å². The highest BCUT2D eigenvalue weighted by atomic mass is 16.2. The molecule has 7 heteroatoms. The van der Waals surface area contributed by atoms with Gasteiger partial charge in [0.25, 0.3) is 0 Å². The van der Waals surface area contributed by atoms with Gasteiger partial charge in [-0.2, -0.15) is 5.10 Å². The second kappa shape index (κ2) is 7.76. The summed E-state index contributed by atoms with van der Waals surface area (Å²) in [5, 5.41) is 4.28. The molecule has 0 N–H and O–H groups in total. The fraction of sp³-hybridized carbons (Fsp3) is 0.600. The van der Waals surface area contributed by atoms with E-state index in [1.165, 1.54) is 24.7 Å². The van der Waals surface area contributed by atoms with Crippen LogP contribution in [-0.2, 0) is 24.8 Å². The summed E-state index contributed by atoms with van der Waals surface area (Å²) >= 11 is 0. The minimum Gasteiger partial charge on any atom is -0.342 e. The maximum atomic E-state index is 12.7. The van der Waals surface area contributed by atoms with E-state index in [1.807, 2.05) is 17.9 Å². The lowest BCUT2D eigenvalue weighted by Crippen LogP contribution is -2.45. The lowest BCUT2D eigenvalue weighted by molar-refractivity contribution is -0.130. The van der Waals surface area contributed by atoms with Crippen molar-refractivity contribution in [2.45, 2.75) is 38.6 Å². The molecule has 1 unspecified atom stereocenters. The number of aryl methyl sites for hydroxylation is 2. The molecule has 7 nitrogen and oxygen atoms in total. The Morgan fingerprint density at radius 1 is 1.11 bits per heavy atom. The molecular formula is C20H28N6O. The van der Waals surface area contributed by atoms with Crippen LogP contribution in [0, 0.1) is 5.41 Å². The summed E-state index contributed by atoms with van der Waals surface area (Å²) in [6.07, 6.45) is 14.0. The molecule has 2 saturated heterocycles. The number of carbonyl (C=O) groups excluding carboxylic acids is 1. The fourth-order valence-electron chi connectivity index (χ4n) is 4.61. The highest BCUT2D eigenvalue weighted by Gasteiger charge is 2.42. The van der Waals surface area contributed by atoms with Crippen molar-refractivity contribution in [1.29, 1.82) is 0 Å². The Bertz CT molecular complexity index is 776. The Morgan fingerprint density at radius 3 is 2.74 bits per heavy atom. The first-order valence-electron chi connectivity index (χ1n) is 9.83. The van der Waals surface area contributed by atoms with Gasteiger partial charge in [0.05, 0.1) is 6.20 Å². The zero-order valence-electron chi connectivity index (χ0n) is 16.0. The maximum Gasteiger partial charge on any atom is 0.222 e. The van der Waals surface area contributed by atoms with E-state index in [0.717, 1.165) is 51.1 Å². The zero-order valence-corrected chi connectivity index (χ0v) is 16.0. The summed E-state index contributed by atoms with van der Waals surface area (Å²) in [4.78, 5) is 25.3. The Kier molecular flexibility index (Phi) is 5.20. The van der Waals surface area contributed by atoms with Crippen LogP contribution in [0.4, 0.5) is 0 Å². The topological polar surface area (TPSA) is 67.2 Å². The minimum absolute atomic E-state index is 0.264. The molecule has 1 spiro atoms. The minimum atomic E-state index is 0.264. The number of likely N-dealkylation sites (tertiary alicyclic amines) is 2. The molecule has 0 saturated carbocycles. The zero-order chi connectivity index (χ0) is 18.7. The second-order valence-electron chi connectivity index (χ2n) is 8.15. The van der Waals surface area contributed by atoms with Crippen molar-refractivity contribution in [3.8, 4) is 0 Å². The number of rotatable bonds is 5. The normalized spacial score (nSPS) is 23.2. The van der Waals surface area contributed by atoms with Crippen molar-refractivity contribution in [1.82, 2.24) is 29.5 Å². The Balaban J connectivity index is 1.31. The van der Waals surface area contributed by atoms with Crippen LogP contribution >= 0.6 is 0 Å². The van der Waals surface area contributed by atoms with Gasteiger partial charge in [-0.15, -0.1) is 0 Å². The molecule has 4 rings (SSSR count). The maximum absolute atomic E-state index is 12.7. The van der Waals surface area contributed by atoms with Crippen LogP contribution in [0.15, 0.2) is 31.1 Å². The van der Waals surface area contributed by atoms with Crippen molar-refractivity contribution in [2.24, 2.45) is 12.5 Å². The highest BCUT2D eigenvalue weighted by molar-refractivity contribution is 5.76. The van der Waals surface area contributed by atoms with E-state index >= 15 is 0 Å². The number of hydrogen-bond donors (Lipinski definition) is 0. The van der Waals surface area contributed by atoms with E-state index in [9.17, 15) is 4.79 Å². The molecule has 27 heavy (non-hydrogen) atoms. The van der Waals surface area contributed by atoms with Crippen LogP contribution in [0.3, 0.4) is 0 Å². The monoisotopic (exact) mass is 368 g/mol. The first-order valence-corrected chi connectivity index (χ1v) is 9.83. The molecule has 1 atom stereocenters. The van der Waals surface area contributed by atoms with Gasteiger partial charge < -0.3 is 4.90 Å². The van der Waals surface area contributed by atoms with Crippen molar-refractivity contribution in [3.05, 3.63) is 42.2 Å². The quantitative estimate of drug-likeness (QED) is 0.803. The standard InChI is InChI=1S/C20H28N6O/c1-24-12-18(11-23-24)13-25-7-2-5-20(14-25)6-8-26(15-20)19(27)4-3-17-9-21-16-22-10-17/h9-12,16H,2-8,13-15H2,1H3. The highest BCUT2D eigenvalue weighted by Crippen LogP contribution is 2.39. The number of hydrogen-bond acceptors (Lipinski definition) is 5. The SMILES string of the molecule is Cn1cc(CN2CCCC3(CCN(C(=O)CCc4cncnc4)C3)C2)cn1. The number of carbonyl (C=O) groups is 1. The molecule has 0 aromatic carbocycles. The fourth-order valence-corrected chi connectivity index (χ4v) is 4.61. The predicted octanol–water partition coefficient (Wildman–Crippen LogP) is 1.66. The molecule has 4 heterocycles. The van der Waals surface area contributed by atoms with Crippen LogP contribution in [0.5, 0.6) is 0 Å². The van der Waals surface area contributed by atoms with Gasteiger partial charge in [-0.3, -0.25) is 14.4 Å². The lowest BCUT2D eigenvalue weighted by Gasteiger charge is -2.40. The average Bonchev–Trinajstić information content (AvgIpc) is 3.27. The van der Waals surface area contributed by atoms with E-state index < -0.39 is 0 Å². The van der Waals surface area contributed by atoms with E-state index in [1.54, 1.807) is 12.4 Å². The lowest BCUT2D eigenvalue weighted by atomic mass is 9.79. The Morgan fingerprint density at radius 2 is 1.96 bits per heavy atom. The molecule has 0 radical (unpaired) electrons. The summed E-state index contributed by atoms with van der Waals surface area (Å²) in [6, 6.07) is 0. The smallest absolute Gasteiger partial charge is 0.222 e. The largest absolute Gasteiger partial charge is 0.342 e. The number of nitrogens with zero attached hydrogens (tertiary/aromatic N) is 6. The Labute approximate surface area is 160 Å². The molecule has 1 amide bonds. The van der Waals surface area contributed by atoms with Crippen LogP contribution in [0.25, 0.3) is 0 Å². The van der Waals surface area contributed by atoms with E-state index in [-0.39, 0.29) is 11.3 Å². The first-order chi connectivity index (χ1) is 13.1. The molecule has 2 fully saturated rings. The molecule has 2 aromatic rings. The Hall–Kier alpha value is -2.28. The molecule has 2 aliphatic heterocycles. The third-order valence-corrected chi connectivity index (χ3v) is 5.94. The van der Waals surface area contributed by atoms with Crippen molar-refractivity contribution in [2.75, 3.05) is 26.2 Å². The van der Waals surface area contributed by atoms with Crippen molar-refractivity contribution < 1.29 is 4.79 Å². The van der Waals surface area contributed by atoms with Gasteiger partial charge in [0.15, 0.2) is 0 Å². The van der Waals surface area contributed by atoms with Gasteiger partial charge in [0, 0.05) is 69.2 Å². The molecule has 2 aromatic heterocycles. The third-order valence-electron chi connectivity index (χ3n) is 5.94. The summed E-state index contributed by atoms with van der Waals surface area (Å²) in [6.45, 7) is 4.97. The molecule has 0 bridgehead atoms.